The Hall–Kier alpha value is -0.810. The van der Waals surface area contributed by atoms with Crippen molar-refractivity contribution >= 4 is 6.03 Å². The number of likely N-dealkylation sites (tertiary alicyclic amines) is 1. The van der Waals surface area contributed by atoms with Gasteiger partial charge in [0.25, 0.3) is 0 Å². The van der Waals surface area contributed by atoms with Crippen LogP contribution >= 0.6 is 0 Å². The zero-order chi connectivity index (χ0) is 13.2. The lowest BCUT2D eigenvalue weighted by Crippen LogP contribution is -2.47. The van der Waals surface area contributed by atoms with Gasteiger partial charge in [-0.25, -0.2) is 4.79 Å². The zero-order valence-corrected chi connectivity index (χ0v) is 11.7. The van der Waals surface area contributed by atoms with Crippen molar-refractivity contribution in [2.24, 2.45) is 0 Å². The Labute approximate surface area is 110 Å². The number of hydrogen-bond donors (Lipinski definition) is 0. The second kappa shape index (κ2) is 9.16. The average Bonchev–Trinajstić information content (AvgIpc) is 2.43. The Morgan fingerprint density at radius 3 is 2.33 bits per heavy atom. The van der Waals surface area contributed by atoms with Crippen LogP contribution in [0.4, 0.5) is 4.79 Å². The topological polar surface area (TPSA) is 42.0 Å². The number of methoxy groups -OCH3 is 2. The predicted octanol–water partition coefficient (Wildman–Crippen LogP) is 1.58. The number of nitrogens with zero attached hydrogens (tertiary/aromatic N) is 2. The van der Waals surface area contributed by atoms with Crippen LogP contribution in [0.25, 0.3) is 0 Å². The van der Waals surface area contributed by atoms with E-state index >= 15 is 0 Å². The van der Waals surface area contributed by atoms with Crippen LogP contribution in [0, 0.1) is 0 Å². The van der Waals surface area contributed by atoms with Crippen molar-refractivity contribution in [3.05, 3.63) is 0 Å². The van der Waals surface area contributed by atoms with E-state index in [1.54, 1.807) is 14.2 Å². The van der Waals surface area contributed by atoms with E-state index in [0.717, 1.165) is 38.9 Å². The molecule has 5 heteroatoms. The summed E-state index contributed by atoms with van der Waals surface area (Å²) in [6.45, 7) is 4.48. The van der Waals surface area contributed by atoms with Crippen LogP contribution in [0.15, 0.2) is 0 Å². The number of carbonyl (C=O) groups is 1. The van der Waals surface area contributed by atoms with E-state index in [9.17, 15) is 4.79 Å². The highest BCUT2D eigenvalue weighted by Gasteiger charge is 2.21. The molecule has 1 aliphatic heterocycles. The molecule has 0 aromatic carbocycles. The first kappa shape index (κ1) is 15.2. The summed E-state index contributed by atoms with van der Waals surface area (Å²) in [5.74, 6) is 0. The van der Waals surface area contributed by atoms with Gasteiger partial charge in [0.1, 0.15) is 0 Å². The highest BCUT2D eigenvalue weighted by molar-refractivity contribution is 5.74. The molecule has 1 aliphatic rings. The fraction of sp³-hybridized carbons (Fsp3) is 0.923. The van der Waals surface area contributed by atoms with E-state index in [1.807, 2.05) is 9.80 Å². The molecule has 1 fully saturated rings. The maximum Gasteiger partial charge on any atom is 0.320 e. The van der Waals surface area contributed by atoms with Crippen LogP contribution in [0.1, 0.15) is 25.7 Å². The van der Waals surface area contributed by atoms with Crippen molar-refractivity contribution in [3.8, 4) is 0 Å². The zero-order valence-electron chi connectivity index (χ0n) is 11.7. The third-order valence-electron chi connectivity index (χ3n) is 3.24. The van der Waals surface area contributed by atoms with Gasteiger partial charge in [-0.2, -0.15) is 0 Å². The van der Waals surface area contributed by atoms with Gasteiger partial charge in [0, 0.05) is 47.0 Å². The minimum absolute atomic E-state index is 0.155. The number of ether oxygens (including phenoxy) is 2. The minimum Gasteiger partial charge on any atom is -0.385 e. The van der Waals surface area contributed by atoms with Crippen molar-refractivity contribution in [2.75, 3.05) is 53.6 Å². The molecule has 0 saturated carbocycles. The van der Waals surface area contributed by atoms with Crippen LogP contribution in [0.3, 0.4) is 0 Å². The molecule has 1 heterocycles. The van der Waals surface area contributed by atoms with Crippen molar-refractivity contribution in [1.82, 2.24) is 9.80 Å². The molecule has 0 aliphatic carbocycles. The van der Waals surface area contributed by atoms with Gasteiger partial charge in [-0.15, -0.1) is 0 Å². The lowest BCUT2D eigenvalue weighted by Gasteiger charge is -2.33. The highest BCUT2D eigenvalue weighted by atomic mass is 16.5. The van der Waals surface area contributed by atoms with E-state index in [2.05, 4.69) is 0 Å². The molecule has 0 bridgehead atoms. The summed E-state index contributed by atoms with van der Waals surface area (Å²) in [5, 5.41) is 0. The summed E-state index contributed by atoms with van der Waals surface area (Å²) >= 11 is 0. The molecule has 106 valence electrons. The average molecular weight is 258 g/mol. The Morgan fingerprint density at radius 2 is 1.72 bits per heavy atom. The van der Waals surface area contributed by atoms with Crippen LogP contribution in [0.2, 0.25) is 0 Å². The molecule has 0 unspecified atom stereocenters. The molecule has 0 atom stereocenters. The summed E-state index contributed by atoms with van der Waals surface area (Å²) in [7, 11) is 3.35. The Kier molecular flexibility index (Phi) is 7.76. The van der Waals surface area contributed by atoms with Crippen LogP contribution in [-0.4, -0.2) is 69.4 Å². The lowest BCUT2D eigenvalue weighted by molar-refractivity contribution is 0.112. The number of piperidine rings is 1. The Balaban J connectivity index is 2.42. The normalized spacial score (nSPS) is 15.8. The number of urea groups is 1. The van der Waals surface area contributed by atoms with Gasteiger partial charge < -0.3 is 19.3 Å². The molecule has 1 saturated heterocycles. The van der Waals surface area contributed by atoms with E-state index in [1.165, 1.54) is 6.42 Å². The SMILES string of the molecule is COCCCN(CCOC)C(=O)N1CCCCC1. The van der Waals surface area contributed by atoms with E-state index in [4.69, 9.17) is 9.47 Å². The molecular weight excluding hydrogens is 232 g/mol. The lowest BCUT2D eigenvalue weighted by atomic mass is 10.1. The van der Waals surface area contributed by atoms with E-state index in [0.29, 0.717) is 19.8 Å². The van der Waals surface area contributed by atoms with Crippen LogP contribution in [-0.2, 0) is 9.47 Å². The molecule has 0 aromatic rings. The van der Waals surface area contributed by atoms with E-state index in [-0.39, 0.29) is 6.03 Å². The standard InChI is InChI=1S/C13H26N2O3/c1-17-11-6-9-15(10-12-18-2)13(16)14-7-4-3-5-8-14/h3-12H2,1-2H3. The van der Waals surface area contributed by atoms with Crippen molar-refractivity contribution in [1.29, 1.82) is 0 Å². The summed E-state index contributed by atoms with van der Waals surface area (Å²) in [6, 6.07) is 0.155. The quantitative estimate of drug-likeness (QED) is 0.651. The summed E-state index contributed by atoms with van der Waals surface area (Å²) in [5.41, 5.74) is 0. The van der Waals surface area contributed by atoms with Crippen molar-refractivity contribution in [3.63, 3.8) is 0 Å². The van der Waals surface area contributed by atoms with Crippen molar-refractivity contribution in [2.45, 2.75) is 25.7 Å². The molecule has 1 rings (SSSR count). The fourth-order valence-corrected chi connectivity index (χ4v) is 2.19. The van der Waals surface area contributed by atoms with Gasteiger partial charge in [0.05, 0.1) is 6.61 Å². The van der Waals surface area contributed by atoms with Gasteiger partial charge in [-0.05, 0) is 25.7 Å². The Bertz CT molecular complexity index is 230. The molecule has 0 spiro atoms. The number of carbonyl (C=O) groups excluding carboxylic acids is 1. The van der Waals surface area contributed by atoms with Gasteiger partial charge in [0.2, 0.25) is 0 Å². The van der Waals surface area contributed by atoms with Crippen molar-refractivity contribution < 1.29 is 14.3 Å². The Morgan fingerprint density at radius 1 is 1.06 bits per heavy atom. The fourth-order valence-electron chi connectivity index (χ4n) is 2.19. The first-order valence-corrected chi connectivity index (χ1v) is 6.81. The number of amides is 2. The molecule has 5 nitrogen and oxygen atoms in total. The second-order valence-electron chi connectivity index (χ2n) is 4.66. The maximum atomic E-state index is 12.4. The number of rotatable bonds is 7. The summed E-state index contributed by atoms with van der Waals surface area (Å²) in [6.07, 6.45) is 4.37. The van der Waals surface area contributed by atoms with Gasteiger partial charge in [-0.1, -0.05) is 0 Å². The molecule has 2 amide bonds. The van der Waals surface area contributed by atoms with E-state index < -0.39 is 0 Å². The molecular formula is C13H26N2O3. The molecule has 18 heavy (non-hydrogen) atoms. The number of hydrogen-bond acceptors (Lipinski definition) is 3. The highest BCUT2D eigenvalue weighted by Crippen LogP contribution is 2.11. The summed E-state index contributed by atoms with van der Waals surface area (Å²) in [4.78, 5) is 16.2. The molecule has 0 radical (unpaired) electrons. The monoisotopic (exact) mass is 258 g/mol. The summed E-state index contributed by atoms with van der Waals surface area (Å²) < 4.78 is 10.1. The van der Waals surface area contributed by atoms with Gasteiger partial charge >= 0.3 is 6.03 Å². The third-order valence-corrected chi connectivity index (χ3v) is 3.24. The smallest absolute Gasteiger partial charge is 0.320 e. The van der Waals surface area contributed by atoms with Gasteiger partial charge in [0.15, 0.2) is 0 Å². The first-order chi connectivity index (χ1) is 8.79. The maximum absolute atomic E-state index is 12.4. The minimum atomic E-state index is 0.155. The van der Waals surface area contributed by atoms with Crippen LogP contribution < -0.4 is 0 Å². The largest absolute Gasteiger partial charge is 0.385 e. The predicted molar refractivity (Wildman–Crippen MR) is 70.8 cm³/mol. The molecule has 0 N–H and O–H groups in total. The van der Waals surface area contributed by atoms with Gasteiger partial charge in [-0.3, -0.25) is 0 Å². The third kappa shape index (κ3) is 5.23. The van der Waals surface area contributed by atoms with Crippen LogP contribution in [0.5, 0.6) is 0 Å². The molecule has 0 aromatic heterocycles. The first-order valence-electron chi connectivity index (χ1n) is 6.81. The second-order valence-corrected chi connectivity index (χ2v) is 4.66.